The van der Waals surface area contributed by atoms with E-state index in [2.05, 4.69) is 10.3 Å². The first-order chi connectivity index (χ1) is 9.93. The third-order valence-corrected chi connectivity index (χ3v) is 3.53. The average Bonchev–Trinajstić information content (AvgIpc) is 2.75. The molecule has 114 valence electrons. The molecule has 0 radical (unpaired) electrons. The van der Waals surface area contributed by atoms with E-state index in [4.69, 9.17) is 23.2 Å². The average molecular weight is 332 g/mol. The summed E-state index contributed by atoms with van der Waals surface area (Å²) in [4.78, 5) is 16.2. The highest BCUT2D eigenvalue weighted by atomic mass is 35.5. The summed E-state index contributed by atoms with van der Waals surface area (Å²) in [5.74, 6) is -0.173. The van der Waals surface area contributed by atoms with Crippen molar-refractivity contribution in [3.8, 4) is 0 Å². The summed E-state index contributed by atoms with van der Waals surface area (Å²) in [6, 6.07) is 2.72. The maximum atomic E-state index is 13.5. The van der Waals surface area contributed by atoms with Gasteiger partial charge in [-0.05, 0) is 19.4 Å². The standard InChI is InChI=1S/C14H16Cl2FN3O/c1-3-4-18-13(21)7-20-12-5-9(16)10(17)6-11(12)19-14(20)8(2)15/h5-6,8H,3-4,7H2,1-2H3,(H,18,21). The van der Waals surface area contributed by atoms with Crippen LogP contribution in [0.5, 0.6) is 0 Å². The van der Waals surface area contributed by atoms with Gasteiger partial charge in [0.2, 0.25) is 5.91 Å². The van der Waals surface area contributed by atoms with E-state index in [1.54, 1.807) is 11.5 Å². The Bertz CT molecular complexity index is 670. The lowest BCUT2D eigenvalue weighted by atomic mass is 10.3. The van der Waals surface area contributed by atoms with Crippen molar-refractivity contribution in [2.24, 2.45) is 0 Å². The summed E-state index contributed by atoms with van der Waals surface area (Å²) < 4.78 is 15.2. The van der Waals surface area contributed by atoms with E-state index in [1.807, 2.05) is 6.92 Å². The fraction of sp³-hybridized carbons (Fsp3) is 0.429. The fourth-order valence-electron chi connectivity index (χ4n) is 2.07. The van der Waals surface area contributed by atoms with Crippen molar-refractivity contribution in [1.82, 2.24) is 14.9 Å². The summed E-state index contributed by atoms with van der Waals surface area (Å²) in [6.45, 7) is 4.40. The van der Waals surface area contributed by atoms with E-state index in [1.165, 1.54) is 12.1 Å². The number of carbonyl (C=O) groups is 1. The van der Waals surface area contributed by atoms with E-state index < -0.39 is 11.2 Å². The van der Waals surface area contributed by atoms with Crippen LogP contribution in [-0.2, 0) is 11.3 Å². The number of alkyl halides is 1. The van der Waals surface area contributed by atoms with Gasteiger partial charge in [0.25, 0.3) is 0 Å². The molecule has 0 aliphatic carbocycles. The highest BCUT2D eigenvalue weighted by molar-refractivity contribution is 6.31. The van der Waals surface area contributed by atoms with Crippen molar-refractivity contribution >= 4 is 40.1 Å². The van der Waals surface area contributed by atoms with Crippen LogP contribution in [0, 0.1) is 5.82 Å². The number of hydrogen-bond acceptors (Lipinski definition) is 2. The number of nitrogens with zero attached hydrogens (tertiary/aromatic N) is 2. The van der Waals surface area contributed by atoms with Gasteiger partial charge < -0.3 is 9.88 Å². The first-order valence-corrected chi connectivity index (χ1v) is 7.51. The summed E-state index contributed by atoms with van der Waals surface area (Å²) >= 11 is 11.9. The molecule has 1 aromatic heterocycles. The summed E-state index contributed by atoms with van der Waals surface area (Å²) in [5, 5.41) is 2.38. The van der Waals surface area contributed by atoms with Gasteiger partial charge in [0.05, 0.1) is 21.4 Å². The van der Waals surface area contributed by atoms with Crippen LogP contribution in [0.2, 0.25) is 5.02 Å². The minimum atomic E-state index is -0.543. The SMILES string of the molecule is CCCNC(=O)Cn1c(C(C)Cl)nc2cc(F)c(Cl)cc21. The van der Waals surface area contributed by atoms with Crippen LogP contribution < -0.4 is 5.32 Å². The number of aromatic nitrogens is 2. The van der Waals surface area contributed by atoms with E-state index in [0.29, 0.717) is 23.4 Å². The molecule has 4 nitrogen and oxygen atoms in total. The molecule has 0 bridgehead atoms. The molecule has 0 aliphatic heterocycles. The normalized spacial score (nSPS) is 12.6. The molecule has 1 atom stereocenters. The van der Waals surface area contributed by atoms with Gasteiger partial charge in [-0.2, -0.15) is 0 Å². The number of benzene rings is 1. The van der Waals surface area contributed by atoms with Gasteiger partial charge in [-0.15, -0.1) is 11.6 Å². The van der Waals surface area contributed by atoms with E-state index in [-0.39, 0.29) is 17.5 Å². The van der Waals surface area contributed by atoms with E-state index in [9.17, 15) is 9.18 Å². The predicted molar refractivity (Wildman–Crippen MR) is 82.3 cm³/mol. The molecule has 21 heavy (non-hydrogen) atoms. The lowest BCUT2D eigenvalue weighted by Gasteiger charge is -2.10. The first-order valence-electron chi connectivity index (χ1n) is 6.70. The van der Waals surface area contributed by atoms with Crippen LogP contribution in [-0.4, -0.2) is 22.0 Å². The van der Waals surface area contributed by atoms with Crippen molar-refractivity contribution in [3.63, 3.8) is 0 Å². The monoisotopic (exact) mass is 331 g/mol. The van der Waals surface area contributed by atoms with Gasteiger partial charge in [0.1, 0.15) is 18.2 Å². The lowest BCUT2D eigenvalue weighted by Crippen LogP contribution is -2.28. The van der Waals surface area contributed by atoms with Crippen molar-refractivity contribution in [1.29, 1.82) is 0 Å². The lowest BCUT2D eigenvalue weighted by molar-refractivity contribution is -0.121. The second-order valence-electron chi connectivity index (χ2n) is 4.78. The number of fused-ring (bicyclic) bond motifs is 1. The molecule has 0 saturated carbocycles. The van der Waals surface area contributed by atoms with Crippen molar-refractivity contribution in [2.75, 3.05) is 6.54 Å². The topological polar surface area (TPSA) is 46.9 Å². The molecule has 2 aromatic rings. The number of amides is 1. The third kappa shape index (κ3) is 3.47. The maximum Gasteiger partial charge on any atom is 0.240 e. The molecule has 1 N–H and O–H groups in total. The molecule has 2 rings (SSSR count). The number of rotatable bonds is 5. The number of hydrogen-bond donors (Lipinski definition) is 1. The molecule has 1 amide bonds. The fourth-order valence-corrected chi connectivity index (χ4v) is 2.40. The molecule has 0 saturated heterocycles. The molecule has 0 aliphatic rings. The molecular weight excluding hydrogens is 316 g/mol. The molecule has 1 aromatic carbocycles. The van der Waals surface area contributed by atoms with E-state index in [0.717, 1.165) is 6.42 Å². The largest absolute Gasteiger partial charge is 0.355 e. The zero-order chi connectivity index (χ0) is 15.6. The first kappa shape index (κ1) is 16.0. The zero-order valence-corrected chi connectivity index (χ0v) is 13.3. The van der Waals surface area contributed by atoms with Crippen molar-refractivity contribution in [3.05, 3.63) is 28.8 Å². The van der Waals surface area contributed by atoms with Crippen LogP contribution in [0.25, 0.3) is 11.0 Å². The van der Waals surface area contributed by atoms with Gasteiger partial charge in [0.15, 0.2) is 0 Å². The van der Waals surface area contributed by atoms with Gasteiger partial charge in [0, 0.05) is 12.6 Å². The van der Waals surface area contributed by atoms with Gasteiger partial charge in [-0.1, -0.05) is 18.5 Å². The smallest absolute Gasteiger partial charge is 0.240 e. The Hall–Kier alpha value is -1.33. The quantitative estimate of drug-likeness (QED) is 0.850. The molecule has 1 heterocycles. The highest BCUT2D eigenvalue weighted by Gasteiger charge is 2.18. The molecular formula is C14H16Cl2FN3O. The Morgan fingerprint density at radius 3 is 2.86 bits per heavy atom. The highest BCUT2D eigenvalue weighted by Crippen LogP contribution is 2.28. The molecule has 7 heteroatoms. The Balaban J connectivity index is 2.45. The second-order valence-corrected chi connectivity index (χ2v) is 5.84. The Kier molecular flexibility index (Phi) is 5.06. The zero-order valence-electron chi connectivity index (χ0n) is 11.8. The molecule has 0 fully saturated rings. The van der Waals surface area contributed by atoms with Crippen LogP contribution >= 0.6 is 23.2 Å². The summed E-state index contributed by atoms with van der Waals surface area (Å²) in [7, 11) is 0. The number of imidazole rings is 1. The number of nitrogens with one attached hydrogen (secondary N) is 1. The van der Waals surface area contributed by atoms with Crippen LogP contribution in [0.3, 0.4) is 0 Å². The minimum Gasteiger partial charge on any atom is -0.355 e. The summed E-state index contributed by atoms with van der Waals surface area (Å²) in [6.07, 6.45) is 0.853. The Morgan fingerprint density at radius 1 is 1.52 bits per heavy atom. The second kappa shape index (κ2) is 6.62. The van der Waals surface area contributed by atoms with Crippen LogP contribution in [0.1, 0.15) is 31.5 Å². The third-order valence-electron chi connectivity index (χ3n) is 3.05. The Morgan fingerprint density at radius 2 is 2.24 bits per heavy atom. The molecule has 1 unspecified atom stereocenters. The van der Waals surface area contributed by atoms with Crippen LogP contribution in [0.15, 0.2) is 12.1 Å². The predicted octanol–water partition coefficient (Wildman–Crippen LogP) is 3.65. The van der Waals surface area contributed by atoms with Crippen LogP contribution in [0.4, 0.5) is 4.39 Å². The summed E-state index contributed by atoms with van der Waals surface area (Å²) in [5.41, 5.74) is 1.03. The minimum absolute atomic E-state index is 0.00797. The maximum absolute atomic E-state index is 13.5. The van der Waals surface area contributed by atoms with Crippen molar-refractivity contribution in [2.45, 2.75) is 32.2 Å². The number of halogens is 3. The van der Waals surface area contributed by atoms with Crippen molar-refractivity contribution < 1.29 is 9.18 Å². The van der Waals surface area contributed by atoms with Gasteiger partial charge in [-0.25, -0.2) is 9.37 Å². The van der Waals surface area contributed by atoms with Gasteiger partial charge >= 0.3 is 0 Å². The van der Waals surface area contributed by atoms with E-state index >= 15 is 0 Å². The Labute approximate surface area is 132 Å². The number of carbonyl (C=O) groups excluding carboxylic acids is 1. The van der Waals surface area contributed by atoms with Gasteiger partial charge in [-0.3, -0.25) is 4.79 Å². The molecule has 0 spiro atoms.